The van der Waals surface area contributed by atoms with Crippen molar-refractivity contribution in [2.45, 2.75) is 0 Å². The van der Waals surface area contributed by atoms with Crippen LogP contribution in [0.1, 0.15) is 31.8 Å². The minimum atomic E-state index is -0.498. The summed E-state index contributed by atoms with van der Waals surface area (Å²) in [6.07, 6.45) is 0. The fourth-order valence-electron chi connectivity index (χ4n) is 3.30. The van der Waals surface area contributed by atoms with Crippen LogP contribution in [0.5, 0.6) is 11.5 Å². The number of carbonyl (C=O) groups excluding carboxylic acids is 2. The van der Waals surface area contributed by atoms with Crippen molar-refractivity contribution in [2.24, 2.45) is 0 Å². The summed E-state index contributed by atoms with van der Waals surface area (Å²) >= 11 is 0. The van der Waals surface area contributed by atoms with Crippen LogP contribution in [0.2, 0.25) is 0 Å². The van der Waals surface area contributed by atoms with E-state index < -0.39 is 11.6 Å². The predicted molar refractivity (Wildman–Crippen MR) is 108 cm³/mol. The molecule has 1 aliphatic rings. The highest BCUT2D eigenvalue weighted by Gasteiger charge is 2.37. The average Bonchev–Trinajstić information content (AvgIpc) is 2.68. The van der Waals surface area contributed by atoms with Gasteiger partial charge in [0.15, 0.2) is 0 Å². The zero-order valence-electron chi connectivity index (χ0n) is 15.8. The normalized spacial score (nSPS) is 12.5. The Balaban J connectivity index is 2.12. The number of phenolic OH excluding ortho intramolecular Hbond substituents is 2. The molecule has 8 heteroatoms. The van der Waals surface area contributed by atoms with E-state index in [0.717, 1.165) is 0 Å². The molecule has 0 saturated heterocycles. The quantitative estimate of drug-likeness (QED) is 0.252. The van der Waals surface area contributed by atoms with Crippen LogP contribution in [-0.2, 0) is 0 Å². The van der Waals surface area contributed by atoms with Gasteiger partial charge in [-0.15, -0.1) is 0 Å². The van der Waals surface area contributed by atoms with Gasteiger partial charge in [-0.2, -0.15) is 0 Å². The molecule has 0 spiro atoms. The van der Waals surface area contributed by atoms with E-state index in [1.54, 1.807) is 26.2 Å². The number of fused-ring (bicyclic) bond motifs is 2. The predicted octanol–water partition coefficient (Wildman–Crippen LogP) is 1.14. The molecular weight excluding hydrogens is 360 g/mol. The van der Waals surface area contributed by atoms with Crippen molar-refractivity contribution in [3.05, 3.63) is 46.5 Å². The molecule has 2 aromatic carbocycles. The number of likely N-dealkylation sites (N-methyl/N-ethyl adjacent to an activating group) is 2. The molecule has 2 aromatic rings. The first-order chi connectivity index (χ1) is 13.5. The molecule has 0 saturated carbocycles. The lowest BCUT2D eigenvalue weighted by Crippen LogP contribution is -2.26. The van der Waals surface area contributed by atoms with E-state index in [0.29, 0.717) is 37.6 Å². The number of aromatic hydroxyl groups is 2. The number of nitrogens with one attached hydrogen (secondary N) is 4. The second kappa shape index (κ2) is 8.28. The van der Waals surface area contributed by atoms with Crippen molar-refractivity contribution in [1.82, 2.24) is 10.6 Å². The molecule has 148 valence electrons. The van der Waals surface area contributed by atoms with Gasteiger partial charge in [0.25, 0.3) is 0 Å². The molecule has 0 amide bonds. The van der Waals surface area contributed by atoms with Gasteiger partial charge in [-0.1, -0.05) is 0 Å². The van der Waals surface area contributed by atoms with Crippen molar-refractivity contribution in [1.29, 1.82) is 0 Å². The summed E-state index contributed by atoms with van der Waals surface area (Å²) in [6.45, 7) is 2.36. The van der Waals surface area contributed by atoms with Crippen LogP contribution < -0.4 is 21.3 Å². The van der Waals surface area contributed by atoms with Crippen LogP contribution in [0.25, 0.3) is 0 Å². The van der Waals surface area contributed by atoms with E-state index in [1.807, 2.05) is 0 Å². The lowest BCUT2D eigenvalue weighted by atomic mass is 9.81. The number of rotatable bonds is 8. The Hall–Kier alpha value is -3.10. The molecule has 0 radical (unpaired) electrons. The van der Waals surface area contributed by atoms with Crippen LogP contribution in [-0.4, -0.2) is 62.1 Å². The van der Waals surface area contributed by atoms with Gasteiger partial charge in [-0.25, -0.2) is 0 Å². The van der Waals surface area contributed by atoms with Gasteiger partial charge in [0.05, 0.1) is 22.3 Å². The molecule has 0 aliphatic heterocycles. The number of hydrogen-bond acceptors (Lipinski definition) is 8. The van der Waals surface area contributed by atoms with E-state index in [4.69, 9.17) is 0 Å². The number of anilines is 2. The Morgan fingerprint density at radius 3 is 1.39 bits per heavy atom. The maximum Gasteiger partial charge on any atom is 0.200 e. The second-order valence-corrected chi connectivity index (χ2v) is 6.48. The van der Waals surface area contributed by atoms with E-state index in [9.17, 15) is 19.8 Å². The molecule has 0 atom stereocenters. The van der Waals surface area contributed by atoms with Crippen LogP contribution in [0.4, 0.5) is 11.4 Å². The van der Waals surface area contributed by atoms with E-state index in [1.165, 1.54) is 12.1 Å². The Bertz CT molecular complexity index is 851. The van der Waals surface area contributed by atoms with Gasteiger partial charge >= 0.3 is 0 Å². The molecule has 0 bridgehead atoms. The fraction of sp³-hybridized carbons (Fsp3) is 0.300. The molecule has 8 nitrogen and oxygen atoms in total. The zero-order chi connectivity index (χ0) is 20.3. The van der Waals surface area contributed by atoms with Crippen molar-refractivity contribution in [2.75, 3.05) is 50.9 Å². The number of carbonyl (C=O) groups is 2. The summed E-state index contributed by atoms with van der Waals surface area (Å²) in [5.74, 6) is -1.52. The molecule has 0 fully saturated rings. The maximum atomic E-state index is 13.2. The third kappa shape index (κ3) is 3.39. The molecule has 6 N–H and O–H groups in total. The van der Waals surface area contributed by atoms with E-state index in [-0.39, 0.29) is 33.8 Å². The van der Waals surface area contributed by atoms with Crippen LogP contribution in [0.3, 0.4) is 0 Å². The Morgan fingerprint density at radius 2 is 1.04 bits per heavy atom. The van der Waals surface area contributed by atoms with Gasteiger partial charge in [-0.3, -0.25) is 9.59 Å². The zero-order valence-corrected chi connectivity index (χ0v) is 15.8. The fourth-order valence-corrected chi connectivity index (χ4v) is 3.30. The first-order valence-electron chi connectivity index (χ1n) is 9.09. The Morgan fingerprint density at radius 1 is 0.643 bits per heavy atom. The number of hydrogen-bond donors (Lipinski definition) is 6. The average molecular weight is 384 g/mol. The summed E-state index contributed by atoms with van der Waals surface area (Å²) in [5, 5.41) is 32.9. The van der Waals surface area contributed by atoms with Crippen LogP contribution in [0.15, 0.2) is 24.3 Å². The second-order valence-electron chi connectivity index (χ2n) is 6.48. The number of benzene rings is 2. The Labute approximate surface area is 163 Å². The van der Waals surface area contributed by atoms with Crippen LogP contribution >= 0.6 is 0 Å². The standard InChI is InChI=1S/C20H24N4O4/c1-21-7-9-23-11-3-5-13(25)17-15(11)19(27)18-14(26)6-4-12(16(18)20(17)28)24-10-8-22-2/h3-6,21-26H,7-10H2,1-2H3. The Kier molecular flexibility index (Phi) is 5.81. The first kappa shape index (κ1) is 19.7. The van der Waals surface area contributed by atoms with Gasteiger partial charge in [-0.05, 0) is 38.4 Å². The van der Waals surface area contributed by atoms with Gasteiger partial charge < -0.3 is 31.5 Å². The third-order valence-electron chi connectivity index (χ3n) is 4.66. The largest absolute Gasteiger partial charge is 0.507 e. The summed E-state index contributed by atoms with van der Waals surface area (Å²) in [7, 11) is 3.61. The number of ketones is 2. The third-order valence-corrected chi connectivity index (χ3v) is 4.66. The molecule has 0 unspecified atom stereocenters. The summed E-state index contributed by atoms with van der Waals surface area (Å²) < 4.78 is 0. The smallest absolute Gasteiger partial charge is 0.200 e. The number of phenols is 2. The molecule has 0 heterocycles. The highest BCUT2D eigenvalue weighted by atomic mass is 16.3. The first-order valence-corrected chi connectivity index (χ1v) is 9.09. The summed E-state index contributed by atoms with van der Waals surface area (Å²) in [6, 6.07) is 5.92. The highest BCUT2D eigenvalue weighted by molar-refractivity contribution is 6.33. The van der Waals surface area contributed by atoms with E-state index in [2.05, 4.69) is 21.3 Å². The summed E-state index contributed by atoms with van der Waals surface area (Å²) in [4.78, 5) is 26.5. The van der Waals surface area contributed by atoms with Crippen molar-refractivity contribution in [3.63, 3.8) is 0 Å². The van der Waals surface area contributed by atoms with E-state index >= 15 is 0 Å². The molecule has 1 aliphatic carbocycles. The molecular formula is C20H24N4O4. The van der Waals surface area contributed by atoms with Crippen LogP contribution in [0, 0.1) is 0 Å². The minimum absolute atomic E-state index is 0.0470. The summed E-state index contributed by atoms with van der Waals surface area (Å²) in [5.41, 5.74) is 0.955. The molecule has 0 aromatic heterocycles. The topological polar surface area (TPSA) is 123 Å². The monoisotopic (exact) mass is 384 g/mol. The van der Waals surface area contributed by atoms with Gasteiger partial charge in [0.2, 0.25) is 11.6 Å². The van der Waals surface area contributed by atoms with Gasteiger partial charge in [0, 0.05) is 37.6 Å². The van der Waals surface area contributed by atoms with Crippen molar-refractivity contribution in [3.8, 4) is 11.5 Å². The lowest BCUT2D eigenvalue weighted by molar-refractivity contribution is 0.0975. The van der Waals surface area contributed by atoms with Gasteiger partial charge in [0.1, 0.15) is 11.5 Å². The van der Waals surface area contributed by atoms with Crippen molar-refractivity contribution >= 4 is 22.9 Å². The SMILES string of the molecule is CNCCNc1ccc(O)c2c1C(=O)c1c(O)ccc(NCCNC)c1C2=O. The maximum absolute atomic E-state index is 13.2. The lowest BCUT2D eigenvalue weighted by Gasteiger charge is -2.24. The van der Waals surface area contributed by atoms with Crippen molar-refractivity contribution < 1.29 is 19.8 Å². The molecule has 28 heavy (non-hydrogen) atoms. The highest BCUT2D eigenvalue weighted by Crippen LogP contribution is 2.42. The minimum Gasteiger partial charge on any atom is -0.507 e. The molecule has 3 rings (SSSR count).